The van der Waals surface area contributed by atoms with Gasteiger partial charge in [-0.05, 0) is 52.0 Å². The normalized spacial score (nSPS) is 36.2. The average molecular weight is 181 g/mol. The molecule has 0 spiro atoms. The lowest BCUT2D eigenvalue weighted by Crippen LogP contribution is -2.40. The summed E-state index contributed by atoms with van der Waals surface area (Å²) in [6.07, 6.45) is 8.92. The summed E-state index contributed by atoms with van der Waals surface area (Å²) in [6.45, 7) is 6.08. The minimum Gasteiger partial charge on any atom is -0.298 e. The van der Waals surface area contributed by atoms with E-state index in [1.165, 1.54) is 45.1 Å². The summed E-state index contributed by atoms with van der Waals surface area (Å²) >= 11 is 0. The SMILES string of the molecule is CC(C)N1CCC2CCCC1CC2. The monoisotopic (exact) mass is 181 g/mol. The van der Waals surface area contributed by atoms with E-state index in [1.807, 2.05) is 0 Å². The second kappa shape index (κ2) is 4.00. The number of rotatable bonds is 1. The summed E-state index contributed by atoms with van der Waals surface area (Å²) in [4.78, 5) is 2.75. The largest absolute Gasteiger partial charge is 0.298 e. The molecule has 2 atom stereocenters. The van der Waals surface area contributed by atoms with Gasteiger partial charge in [0.1, 0.15) is 0 Å². The molecule has 2 bridgehead atoms. The van der Waals surface area contributed by atoms with Crippen molar-refractivity contribution in [3.63, 3.8) is 0 Å². The molecule has 0 aromatic carbocycles. The second-order valence-corrected chi connectivity index (χ2v) is 5.15. The highest BCUT2D eigenvalue weighted by molar-refractivity contribution is 4.84. The molecule has 0 aromatic heterocycles. The lowest BCUT2D eigenvalue weighted by Gasteiger charge is -2.34. The fourth-order valence-corrected chi connectivity index (χ4v) is 3.17. The first kappa shape index (κ1) is 9.51. The van der Waals surface area contributed by atoms with Crippen molar-refractivity contribution in [1.82, 2.24) is 4.90 Å². The summed E-state index contributed by atoms with van der Waals surface area (Å²) < 4.78 is 0. The van der Waals surface area contributed by atoms with E-state index in [9.17, 15) is 0 Å². The van der Waals surface area contributed by atoms with Crippen LogP contribution in [-0.4, -0.2) is 23.5 Å². The van der Waals surface area contributed by atoms with Crippen LogP contribution in [0.25, 0.3) is 0 Å². The predicted octanol–water partition coefficient (Wildman–Crippen LogP) is 3.05. The number of likely N-dealkylation sites (tertiary alicyclic amines) is 1. The number of hydrogen-bond donors (Lipinski definition) is 0. The molecule has 2 fully saturated rings. The van der Waals surface area contributed by atoms with E-state index in [1.54, 1.807) is 0 Å². The molecular formula is C12H23N. The lowest BCUT2D eigenvalue weighted by molar-refractivity contribution is 0.139. The van der Waals surface area contributed by atoms with Crippen LogP contribution in [0, 0.1) is 5.92 Å². The number of nitrogens with zero attached hydrogens (tertiary/aromatic N) is 1. The fourth-order valence-electron chi connectivity index (χ4n) is 3.17. The van der Waals surface area contributed by atoms with Crippen LogP contribution in [0.2, 0.25) is 0 Å². The molecular weight excluding hydrogens is 158 g/mol. The van der Waals surface area contributed by atoms with E-state index in [4.69, 9.17) is 0 Å². The van der Waals surface area contributed by atoms with Crippen molar-refractivity contribution in [2.24, 2.45) is 5.92 Å². The van der Waals surface area contributed by atoms with Gasteiger partial charge >= 0.3 is 0 Å². The third-order valence-corrected chi connectivity index (χ3v) is 3.99. The van der Waals surface area contributed by atoms with Crippen LogP contribution in [-0.2, 0) is 0 Å². The van der Waals surface area contributed by atoms with Gasteiger partial charge in [0.2, 0.25) is 0 Å². The fraction of sp³-hybridized carbons (Fsp3) is 1.00. The van der Waals surface area contributed by atoms with Gasteiger partial charge in [-0.3, -0.25) is 4.90 Å². The zero-order chi connectivity index (χ0) is 9.26. The first-order valence-electron chi connectivity index (χ1n) is 6.03. The van der Waals surface area contributed by atoms with Gasteiger partial charge in [-0.25, -0.2) is 0 Å². The van der Waals surface area contributed by atoms with Crippen LogP contribution in [0.5, 0.6) is 0 Å². The zero-order valence-electron chi connectivity index (χ0n) is 9.13. The summed E-state index contributed by atoms with van der Waals surface area (Å²) in [5, 5.41) is 0. The van der Waals surface area contributed by atoms with E-state index in [-0.39, 0.29) is 0 Å². The Morgan fingerprint density at radius 1 is 1.00 bits per heavy atom. The molecule has 2 unspecified atom stereocenters. The van der Waals surface area contributed by atoms with Crippen molar-refractivity contribution in [2.45, 2.75) is 64.5 Å². The van der Waals surface area contributed by atoms with Gasteiger partial charge < -0.3 is 0 Å². The van der Waals surface area contributed by atoms with Gasteiger partial charge in [0.15, 0.2) is 0 Å². The predicted molar refractivity (Wildman–Crippen MR) is 56.8 cm³/mol. The number of hydrogen-bond acceptors (Lipinski definition) is 1. The molecule has 1 nitrogen and oxygen atoms in total. The van der Waals surface area contributed by atoms with Crippen molar-refractivity contribution in [2.75, 3.05) is 6.54 Å². The third kappa shape index (κ3) is 2.07. The molecule has 2 aliphatic rings. The zero-order valence-corrected chi connectivity index (χ0v) is 9.13. The van der Waals surface area contributed by atoms with Crippen molar-refractivity contribution < 1.29 is 0 Å². The highest BCUT2D eigenvalue weighted by atomic mass is 15.2. The third-order valence-electron chi connectivity index (χ3n) is 3.99. The Morgan fingerprint density at radius 2 is 1.85 bits per heavy atom. The maximum atomic E-state index is 2.75. The highest BCUT2D eigenvalue weighted by Crippen LogP contribution is 2.33. The Bertz CT molecular complexity index is 165. The smallest absolute Gasteiger partial charge is 0.00980 e. The topological polar surface area (TPSA) is 3.24 Å². The van der Waals surface area contributed by atoms with Crippen molar-refractivity contribution in [3.05, 3.63) is 0 Å². The standard InChI is InChI=1S/C12H23N/c1-10(2)13-9-8-11-4-3-5-12(13)7-6-11/h10-12H,3-9H2,1-2H3. The average Bonchev–Trinajstić information content (AvgIpc) is 2.35. The summed E-state index contributed by atoms with van der Waals surface area (Å²) in [7, 11) is 0. The van der Waals surface area contributed by atoms with Gasteiger partial charge in [0, 0.05) is 12.1 Å². The molecule has 0 N–H and O–H groups in total. The van der Waals surface area contributed by atoms with Crippen LogP contribution < -0.4 is 0 Å². The van der Waals surface area contributed by atoms with Gasteiger partial charge in [-0.2, -0.15) is 0 Å². The maximum Gasteiger partial charge on any atom is 0.00980 e. The maximum absolute atomic E-state index is 2.75. The molecule has 1 saturated heterocycles. The lowest BCUT2D eigenvalue weighted by atomic mass is 9.97. The summed E-state index contributed by atoms with van der Waals surface area (Å²) in [5.74, 6) is 1.06. The molecule has 0 radical (unpaired) electrons. The molecule has 0 amide bonds. The second-order valence-electron chi connectivity index (χ2n) is 5.15. The molecule has 13 heavy (non-hydrogen) atoms. The van der Waals surface area contributed by atoms with E-state index < -0.39 is 0 Å². The molecule has 0 aromatic rings. The first-order chi connectivity index (χ1) is 6.27. The van der Waals surface area contributed by atoms with Gasteiger partial charge in [0.05, 0.1) is 0 Å². The molecule has 1 heteroatoms. The van der Waals surface area contributed by atoms with Crippen molar-refractivity contribution in [3.8, 4) is 0 Å². The number of fused-ring (bicyclic) bond motifs is 3. The summed E-state index contributed by atoms with van der Waals surface area (Å²) in [5.41, 5.74) is 0. The molecule has 1 heterocycles. The molecule has 1 aliphatic heterocycles. The Hall–Kier alpha value is -0.0400. The molecule has 1 aliphatic carbocycles. The molecule has 2 rings (SSSR count). The quantitative estimate of drug-likeness (QED) is 0.601. The van der Waals surface area contributed by atoms with Gasteiger partial charge in [0.25, 0.3) is 0 Å². The van der Waals surface area contributed by atoms with E-state index >= 15 is 0 Å². The Labute approximate surface area is 82.5 Å². The van der Waals surface area contributed by atoms with Crippen LogP contribution in [0.4, 0.5) is 0 Å². The van der Waals surface area contributed by atoms with Gasteiger partial charge in [-0.1, -0.05) is 12.8 Å². The van der Waals surface area contributed by atoms with Crippen LogP contribution in [0.3, 0.4) is 0 Å². The van der Waals surface area contributed by atoms with E-state index in [0.29, 0.717) is 0 Å². The minimum absolute atomic E-state index is 0.766. The van der Waals surface area contributed by atoms with E-state index in [2.05, 4.69) is 18.7 Å². The molecule has 76 valence electrons. The Kier molecular flexibility index (Phi) is 2.92. The summed E-state index contributed by atoms with van der Waals surface area (Å²) in [6, 6.07) is 1.69. The Morgan fingerprint density at radius 3 is 2.62 bits per heavy atom. The van der Waals surface area contributed by atoms with Crippen LogP contribution >= 0.6 is 0 Å². The van der Waals surface area contributed by atoms with Crippen LogP contribution in [0.15, 0.2) is 0 Å². The Balaban J connectivity index is 2.06. The molecule has 1 saturated carbocycles. The highest BCUT2D eigenvalue weighted by Gasteiger charge is 2.29. The first-order valence-corrected chi connectivity index (χ1v) is 6.03. The minimum atomic E-state index is 0.766. The van der Waals surface area contributed by atoms with Crippen LogP contribution in [0.1, 0.15) is 52.4 Å². The van der Waals surface area contributed by atoms with Gasteiger partial charge in [-0.15, -0.1) is 0 Å². The van der Waals surface area contributed by atoms with E-state index in [0.717, 1.165) is 18.0 Å². The van der Waals surface area contributed by atoms with Crippen molar-refractivity contribution in [1.29, 1.82) is 0 Å². The van der Waals surface area contributed by atoms with Crippen molar-refractivity contribution >= 4 is 0 Å².